The summed E-state index contributed by atoms with van der Waals surface area (Å²) in [6.07, 6.45) is 6.01. The topological polar surface area (TPSA) is 26.0 Å². The third-order valence-corrected chi connectivity index (χ3v) is 4.88. The highest BCUT2D eigenvalue weighted by Gasteiger charge is 2.33. The Morgan fingerprint density at radius 3 is 2.16 bits per heavy atom. The van der Waals surface area contributed by atoms with Crippen molar-refractivity contribution in [2.75, 3.05) is 0 Å². The van der Waals surface area contributed by atoms with Gasteiger partial charge >= 0.3 is 0 Å². The third kappa shape index (κ3) is 3.39. The highest BCUT2D eigenvalue weighted by molar-refractivity contribution is 5.30. The molecular weight excluding hydrogens is 230 g/mol. The Morgan fingerprint density at radius 1 is 0.947 bits per heavy atom. The van der Waals surface area contributed by atoms with E-state index in [1.807, 2.05) is 0 Å². The average Bonchev–Trinajstić information content (AvgIpc) is 2.50. The Kier molecular flexibility index (Phi) is 4.06. The highest BCUT2D eigenvalue weighted by Crippen LogP contribution is 2.41. The van der Waals surface area contributed by atoms with Crippen LogP contribution in [0.25, 0.3) is 0 Å². The molecule has 0 bridgehead atoms. The van der Waals surface area contributed by atoms with Crippen LogP contribution in [-0.4, -0.2) is 0 Å². The molecule has 0 radical (unpaired) electrons. The van der Waals surface area contributed by atoms with Crippen LogP contribution in [0.15, 0.2) is 24.3 Å². The number of benzene rings is 1. The summed E-state index contributed by atoms with van der Waals surface area (Å²) in [6, 6.07) is 9.02. The summed E-state index contributed by atoms with van der Waals surface area (Å²) in [5.74, 6) is 0.593. The maximum atomic E-state index is 6.73. The smallest absolute Gasteiger partial charge is 0.0409 e. The zero-order valence-corrected chi connectivity index (χ0v) is 13.0. The van der Waals surface area contributed by atoms with Gasteiger partial charge in [-0.2, -0.15) is 0 Å². The normalized spacial score (nSPS) is 27.3. The molecule has 0 aliphatic heterocycles. The van der Waals surface area contributed by atoms with Gasteiger partial charge in [0.05, 0.1) is 0 Å². The van der Waals surface area contributed by atoms with Crippen LogP contribution in [0.2, 0.25) is 0 Å². The van der Waals surface area contributed by atoms with Gasteiger partial charge < -0.3 is 5.73 Å². The molecule has 19 heavy (non-hydrogen) atoms. The van der Waals surface area contributed by atoms with Crippen LogP contribution in [0.4, 0.5) is 0 Å². The van der Waals surface area contributed by atoms with Gasteiger partial charge in [0.25, 0.3) is 0 Å². The predicted octanol–water partition coefficient (Wildman–Crippen LogP) is 4.95. The minimum absolute atomic E-state index is 0.108. The van der Waals surface area contributed by atoms with E-state index >= 15 is 0 Å². The zero-order chi connectivity index (χ0) is 14.1. The van der Waals surface area contributed by atoms with Crippen LogP contribution in [0.1, 0.15) is 76.8 Å². The lowest BCUT2D eigenvalue weighted by Crippen LogP contribution is -2.36. The molecule has 1 aromatic rings. The Morgan fingerprint density at radius 2 is 1.58 bits per heavy atom. The Bertz CT molecular complexity index is 416. The second-order valence-electron chi connectivity index (χ2n) is 7.45. The summed E-state index contributed by atoms with van der Waals surface area (Å²) in [5, 5.41) is 0. The van der Waals surface area contributed by atoms with Crippen LogP contribution in [-0.2, 0) is 5.54 Å². The first-order valence-electron chi connectivity index (χ1n) is 7.72. The molecule has 1 unspecified atom stereocenters. The quantitative estimate of drug-likeness (QED) is 0.747. The van der Waals surface area contributed by atoms with Crippen LogP contribution < -0.4 is 5.73 Å². The van der Waals surface area contributed by atoms with E-state index in [9.17, 15) is 0 Å². The van der Waals surface area contributed by atoms with Gasteiger partial charge in [0.1, 0.15) is 0 Å². The van der Waals surface area contributed by atoms with Crippen LogP contribution in [0.3, 0.4) is 0 Å². The molecule has 0 saturated heterocycles. The SMILES string of the molecule is CC(C)c1ccc(C2(N)CCCC(C)(C)CC2)cc1. The summed E-state index contributed by atoms with van der Waals surface area (Å²) < 4.78 is 0. The van der Waals surface area contributed by atoms with Gasteiger partial charge in [0.15, 0.2) is 0 Å². The number of hydrogen-bond acceptors (Lipinski definition) is 1. The van der Waals surface area contributed by atoms with E-state index in [1.54, 1.807) is 0 Å². The fourth-order valence-corrected chi connectivity index (χ4v) is 3.18. The van der Waals surface area contributed by atoms with E-state index in [0.717, 1.165) is 12.8 Å². The minimum Gasteiger partial charge on any atom is -0.321 e. The number of nitrogens with two attached hydrogens (primary N) is 1. The van der Waals surface area contributed by atoms with Crippen LogP contribution in [0, 0.1) is 5.41 Å². The first-order chi connectivity index (χ1) is 8.82. The lowest BCUT2D eigenvalue weighted by molar-refractivity contribution is 0.299. The molecule has 0 amide bonds. The predicted molar refractivity (Wildman–Crippen MR) is 83.3 cm³/mol. The Labute approximate surface area is 118 Å². The van der Waals surface area contributed by atoms with Crippen molar-refractivity contribution in [3.63, 3.8) is 0 Å². The molecule has 1 aliphatic carbocycles. The van der Waals surface area contributed by atoms with E-state index in [1.165, 1.54) is 30.4 Å². The zero-order valence-electron chi connectivity index (χ0n) is 13.0. The van der Waals surface area contributed by atoms with Gasteiger partial charge in [-0.1, -0.05) is 58.4 Å². The van der Waals surface area contributed by atoms with E-state index in [2.05, 4.69) is 52.0 Å². The van der Waals surface area contributed by atoms with Crippen molar-refractivity contribution in [1.82, 2.24) is 0 Å². The lowest BCUT2D eigenvalue weighted by Gasteiger charge is -2.30. The largest absolute Gasteiger partial charge is 0.321 e. The van der Waals surface area contributed by atoms with Crippen LogP contribution >= 0.6 is 0 Å². The van der Waals surface area contributed by atoms with Gasteiger partial charge in [-0.05, 0) is 48.1 Å². The van der Waals surface area contributed by atoms with Gasteiger partial charge in [0, 0.05) is 5.54 Å². The molecule has 1 heteroatoms. The van der Waals surface area contributed by atoms with Gasteiger partial charge in [-0.15, -0.1) is 0 Å². The molecule has 1 nitrogen and oxygen atoms in total. The highest BCUT2D eigenvalue weighted by atomic mass is 14.7. The van der Waals surface area contributed by atoms with E-state index in [4.69, 9.17) is 5.73 Å². The maximum Gasteiger partial charge on any atom is 0.0409 e. The van der Waals surface area contributed by atoms with Crippen molar-refractivity contribution in [3.8, 4) is 0 Å². The molecule has 1 fully saturated rings. The van der Waals surface area contributed by atoms with E-state index in [0.29, 0.717) is 11.3 Å². The van der Waals surface area contributed by atoms with Crippen molar-refractivity contribution in [3.05, 3.63) is 35.4 Å². The Balaban J connectivity index is 2.19. The summed E-state index contributed by atoms with van der Waals surface area (Å²) in [7, 11) is 0. The maximum absolute atomic E-state index is 6.73. The summed E-state index contributed by atoms with van der Waals surface area (Å²) >= 11 is 0. The Hall–Kier alpha value is -0.820. The molecule has 2 rings (SSSR count). The molecule has 1 aromatic carbocycles. The first kappa shape index (κ1) is 14.6. The van der Waals surface area contributed by atoms with Crippen molar-refractivity contribution in [2.45, 2.75) is 71.3 Å². The second-order valence-corrected chi connectivity index (χ2v) is 7.45. The average molecular weight is 259 g/mol. The van der Waals surface area contributed by atoms with Crippen molar-refractivity contribution < 1.29 is 0 Å². The molecule has 0 spiro atoms. The molecule has 0 aromatic heterocycles. The summed E-state index contributed by atoms with van der Waals surface area (Å²) in [5.41, 5.74) is 9.81. The van der Waals surface area contributed by atoms with Gasteiger partial charge in [-0.3, -0.25) is 0 Å². The molecular formula is C18H29N. The number of hydrogen-bond donors (Lipinski definition) is 1. The van der Waals surface area contributed by atoms with Crippen molar-refractivity contribution in [2.24, 2.45) is 11.1 Å². The number of rotatable bonds is 2. The van der Waals surface area contributed by atoms with Crippen molar-refractivity contribution >= 4 is 0 Å². The van der Waals surface area contributed by atoms with E-state index < -0.39 is 0 Å². The molecule has 106 valence electrons. The summed E-state index contributed by atoms with van der Waals surface area (Å²) in [4.78, 5) is 0. The minimum atomic E-state index is -0.108. The lowest BCUT2D eigenvalue weighted by atomic mass is 9.80. The molecule has 1 atom stereocenters. The monoisotopic (exact) mass is 259 g/mol. The second kappa shape index (κ2) is 5.28. The molecule has 1 aliphatic rings. The molecule has 0 heterocycles. The van der Waals surface area contributed by atoms with E-state index in [-0.39, 0.29) is 5.54 Å². The van der Waals surface area contributed by atoms with Gasteiger partial charge in [-0.25, -0.2) is 0 Å². The van der Waals surface area contributed by atoms with Gasteiger partial charge in [0.2, 0.25) is 0 Å². The molecule has 2 N–H and O–H groups in total. The fraction of sp³-hybridized carbons (Fsp3) is 0.667. The first-order valence-corrected chi connectivity index (χ1v) is 7.72. The molecule has 1 saturated carbocycles. The third-order valence-electron chi connectivity index (χ3n) is 4.88. The summed E-state index contributed by atoms with van der Waals surface area (Å²) in [6.45, 7) is 9.23. The standard InChI is InChI=1S/C18H29N/c1-14(2)15-6-8-16(9-7-15)18(19)11-5-10-17(3,4)12-13-18/h6-9,14H,5,10-13,19H2,1-4H3. The fourth-order valence-electron chi connectivity index (χ4n) is 3.18. The van der Waals surface area contributed by atoms with Crippen molar-refractivity contribution in [1.29, 1.82) is 0 Å². The van der Waals surface area contributed by atoms with Crippen LogP contribution in [0.5, 0.6) is 0 Å².